The fourth-order valence-electron chi connectivity index (χ4n) is 4.41. The van der Waals surface area contributed by atoms with Gasteiger partial charge in [0.15, 0.2) is 0 Å². The molecule has 194 valence electrons. The summed E-state index contributed by atoms with van der Waals surface area (Å²) in [6, 6.07) is 20.0. The lowest BCUT2D eigenvalue weighted by Crippen LogP contribution is -2.36. The lowest BCUT2D eigenvalue weighted by Gasteiger charge is -2.30. The van der Waals surface area contributed by atoms with Crippen molar-refractivity contribution >= 4 is 23.7 Å². The molecule has 1 heterocycles. The Balaban J connectivity index is 1.72. The highest BCUT2D eigenvalue weighted by Gasteiger charge is 2.36. The van der Waals surface area contributed by atoms with Gasteiger partial charge in [0.2, 0.25) is 0 Å². The van der Waals surface area contributed by atoms with Crippen molar-refractivity contribution in [2.45, 2.75) is 58.8 Å². The average molecular weight is 522 g/mol. The van der Waals surface area contributed by atoms with E-state index in [4.69, 9.17) is 25.8 Å². The first-order chi connectivity index (χ1) is 17.6. The molecule has 0 aromatic heterocycles. The van der Waals surface area contributed by atoms with Gasteiger partial charge in [-0.15, -0.1) is 0 Å². The number of amides is 1. The molecule has 1 unspecified atom stereocenters. The second-order valence-electron chi connectivity index (χ2n) is 10.1. The number of rotatable bonds is 6. The monoisotopic (exact) mass is 521 g/mol. The number of benzene rings is 3. The largest absolute Gasteiger partial charge is 0.488 e. The summed E-state index contributed by atoms with van der Waals surface area (Å²) >= 11 is 6.88. The van der Waals surface area contributed by atoms with Crippen molar-refractivity contribution in [2.75, 3.05) is 6.54 Å². The smallest absolute Gasteiger partial charge is 0.410 e. The first-order valence-electron chi connectivity index (χ1n) is 12.4. The number of carbonyl (C=O) groups excluding carboxylic acids is 2. The van der Waals surface area contributed by atoms with E-state index in [1.54, 1.807) is 42.2 Å². The van der Waals surface area contributed by atoms with Crippen molar-refractivity contribution in [3.63, 3.8) is 0 Å². The summed E-state index contributed by atoms with van der Waals surface area (Å²) in [5.74, 6) is 0.223. The van der Waals surface area contributed by atoms with Crippen LogP contribution in [0.25, 0.3) is 0 Å². The highest BCUT2D eigenvalue weighted by atomic mass is 35.5. The molecule has 0 spiro atoms. The maximum Gasteiger partial charge on any atom is 0.410 e. The highest BCUT2D eigenvalue weighted by molar-refractivity contribution is 6.32. The molecule has 1 aliphatic rings. The lowest BCUT2D eigenvalue weighted by molar-refractivity contribution is 0.0224. The summed E-state index contributed by atoms with van der Waals surface area (Å²) < 4.78 is 17.5. The number of esters is 1. The Labute approximate surface area is 223 Å². The van der Waals surface area contributed by atoms with Crippen molar-refractivity contribution in [3.05, 3.63) is 94.0 Å². The first kappa shape index (κ1) is 26.6. The second kappa shape index (κ2) is 11.3. The molecule has 3 aromatic rings. The molecule has 0 N–H and O–H groups in total. The van der Waals surface area contributed by atoms with Gasteiger partial charge < -0.3 is 19.1 Å². The number of carbonyl (C=O) groups is 2. The van der Waals surface area contributed by atoms with Gasteiger partial charge in [0, 0.05) is 11.6 Å². The molecule has 1 fully saturated rings. The van der Waals surface area contributed by atoms with E-state index in [0.717, 1.165) is 24.0 Å². The van der Waals surface area contributed by atoms with Crippen LogP contribution in [0.2, 0.25) is 5.02 Å². The minimum absolute atomic E-state index is 0.257. The minimum Gasteiger partial charge on any atom is -0.488 e. The number of hydrogen-bond donors (Lipinski definition) is 0. The summed E-state index contributed by atoms with van der Waals surface area (Å²) in [5, 5.41) is 0.410. The standard InChI is InChI=1S/C30H32ClNO5/c1-20-26(28(33)36-22-14-9-6-10-15-22)25(35-19-21-12-7-5-8-13-21)18-23(27(20)31)24-16-11-17-32(24)29(34)37-30(2,3)4/h5-10,12-15,18,24H,11,16-17,19H2,1-4H3. The third kappa shape index (κ3) is 6.44. The molecule has 0 aliphatic carbocycles. The van der Waals surface area contributed by atoms with Crippen molar-refractivity contribution in [3.8, 4) is 11.5 Å². The van der Waals surface area contributed by atoms with Crippen molar-refractivity contribution in [1.29, 1.82) is 0 Å². The van der Waals surface area contributed by atoms with Crippen LogP contribution in [0.3, 0.4) is 0 Å². The van der Waals surface area contributed by atoms with Gasteiger partial charge in [-0.25, -0.2) is 9.59 Å². The Morgan fingerprint density at radius 3 is 2.32 bits per heavy atom. The maximum atomic E-state index is 13.3. The molecule has 0 radical (unpaired) electrons. The van der Waals surface area contributed by atoms with Crippen molar-refractivity contribution in [2.24, 2.45) is 0 Å². The van der Waals surface area contributed by atoms with E-state index in [0.29, 0.717) is 28.6 Å². The molecule has 6 nitrogen and oxygen atoms in total. The van der Waals surface area contributed by atoms with E-state index < -0.39 is 11.6 Å². The van der Waals surface area contributed by atoms with Crippen LogP contribution in [0, 0.1) is 6.92 Å². The molecule has 1 atom stereocenters. The van der Waals surface area contributed by atoms with Gasteiger partial charge in [0.25, 0.3) is 0 Å². The van der Waals surface area contributed by atoms with Gasteiger partial charge in [-0.2, -0.15) is 0 Å². The van der Waals surface area contributed by atoms with E-state index in [1.807, 2.05) is 57.2 Å². The Bertz CT molecular complexity index is 1250. The molecule has 1 saturated heterocycles. The molecule has 4 rings (SSSR count). The zero-order valence-corrected chi connectivity index (χ0v) is 22.4. The zero-order valence-electron chi connectivity index (χ0n) is 21.6. The van der Waals surface area contributed by atoms with E-state index in [1.165, 1.54) is 0 Å². The molecular weight excluding hydrogens is 490 g/mol. The van der Waals surface area contributed by atoms with Gasteiger partial charge >= 0.3 is 12.1 Å². The Kier molecular flexibility index (Phi) is 8.08. The topological polar surface area (TPSA) is 65.1 Å². The second-order valence-corrected chi connectivity index (χ2v) is 10.5. The Morgan fingerprint density at radius 2 is 1.68 bits per heavy atom. The quantitative estimate of drug-likeness (QED) is 0.248. The van der Waals surface area contributed by atoms with E-state index in [2.05, 4.69) is 0 Å². The van der Waals surface area contributed by atoms with Gasteiger partial charge in [-0.3, -0.25) is 0 Å². The van der Waals surface area contributed by atoms with E-state index in [-0.39, 0.29) is 24.3 Å². The van der Waals surface area contributed by atoms with Crippen LogP contribution in [-0.4, -0.2) is 29.1 Å². The third-order valence-electron chi connectivity index (χ3n) is 6.13. The van der Waals surface area contributed by atoms with Gasteiger partial charge in [0.1, 0.15) is 29.3 Å². The first-order valence-corrected chi connectivity index (χ1v) is 12.8. The summed E-state index contributed by atoms with van der Waals surface area (Å²) in [4.78, 5) is 28.0. The molecule has 1 aliphatic heterocycles. The molecule has 0 saturated carbocycles. The van der Waals surface area contributed by atoms with Crippen molar-refractivity contribution in [1.82, 2.24) is 4.90 Å². The van der Waals surface area contributed by atoms with Crippen LogP contribution in [-0.2, 0) is 11.3 Å². The summed E-state index contributed by atoms with van der Waals surface area (Å²) in [7, 11) is 0. The van der Waals surface area contributed by atoms with Gasteiger partial charge in [0.05, 0.1) is 6.04 Å². The maximum absolute atomic E-state index is 13.3. The van der Waals surface area contributed by atoms with Crippen LogP contribution >= 0.6 is 11.6 Å². The molecular formula is C30H32ClNO5. The van der Waals surface area contributed by atoms with E-state index in [9.17, 15) is 9.59 Å². The molecule has 37 heavy (non-hydrogen) atoms. The van der Waals surface area contributed by atoms with Gasteiger partial charge in [-0.1, -0.05) is 60.1 Å². The number of likely N-dealkylation sites (tertiary alicyclic amines) is 1. The minimum atomic E-state index is -0.612. The third-order valence-corrected chi connectivity index (χ3v) is 6.63. The number of para-hydroxylation sites is 1. The number of halogens is 1. The lowest BCUT2D eigenvalue weighted by atomic mass is 9.97. The summed E-state index contributed by atoms with van der Waals surface area (Å²) in [5.41, 5.74) is 1.87. The van der Waals surface area contributed by atoms with Crippen LogP contribution in [0.4, 0.5) is 4.79 Å². The van der Waals surface area contributed by atoms with Gasteiger partial charge in [-0.05, 0) is 75.4 Å². The Hall–Kier alpha value is -3.51. The molecule has 0 bridgehead atoms. The SMILES string of the molecule is Cc1c(Cl)c(C2CCCN2C(=O)OC(C)(C)C)cc(OCc2ccccc2)c1C(=O)Oc1ccccc1. The predicted octanol–water partition coefficient (Wildman–Crippen LogP) is 7.52. The molecule has 1 amide bonds. The summed E-state index contributed by atoms with van der Waals surface area (Å²) in [6.07, 6.45) is 1.16. The zero-order chi connectivity index (χ0) is 26.6. The highest BCUT2D eigenvalue weighted by Crippen LogP contribution is 2.42. The van der Waals surface area contributed by atoms with Crippen molar-refractivity contribution < 1.29 is 23.8 Å². The predicted molar refractivity (Wildman–Crippen MR) is 143 cm³/mol. The average Bonchev–Trinajstić information content (AvgIpc) is 3.35. The fraction of sp³-hybridized carbons (Fsp3) is 0.333. The normalized spacial score (nSPS) is 15.4. The van der Waals surface area contributed by atoms with Crippen LogP contribution in [0.1, 0.15) is 66.7 Å². The Morgan fingerprint density at radius 1 is 1.03 bits per heavy atom. The van der Waals surface area contributed by atoms with E-state index >= 15 is 0 Å². The van der Waals surface area contributed by atoms with Crippen LogP contribution < -0.4 is 9.47 Å². The van der Waals surface area contributed by atoms with Crippen LogP contribution in [0.15, 0.2) is 66.7 Å². The number of ether oxygens (including phenoxy) is 3. The number of hydrogen-bond acceptors (Lipinski definition) is 5. The summed E-state index contributed by atoms with van der Waals surface area (Å²) in [6.45, 7) is 8.12. The fourth-order valence-corrected chi connectivity index (χ4v) is 4.68. The molecule has 7 heteroatoms. The van der Waals surface area contributed by atoms with Crippen LogP contribution in [0.5, 0.6) is 11.5 Å². The number of nitrogens with zero attached hydrogens (tertiary/aromatic N) is 1. The molecule has 3 aromatic carbocycles.